The van der Waals surface area contributed by atoms with Crippen molar-refractivity contribution in [2.75, 3.05) is 0 Å². The Labute approximate surface area is 146 Å². The SMILES string of the molecule is O=C(O)c1ccc(-c2cc(=O)n3[nH]c(-c4ccccc4F)cc3n2)cc1. The minimum atomic E-state index is -1.03. The predicted octanol–water partition coefficient (Wildman–Crippen LogP) is 3.19. The molecule has 6 nitrogen and oxygen atoms in total. The molecule has 2 heterocycles. The highest BCUT2D eigenvalue weighted by molar-refractivity contribution is 5.88. The van der Waals surface area contributed by atoms with Crippen molar-refractivity contribution in [3.63, 3.8) is 0 Å². The Morgan fingerprint density at radius 1 is 1.08 bits per heavy atom. The standard InChI is InChI=1S/C19H12FN3O3/c20-14-4-2-1-3-13(14)16-9-17-21-15(10-18(24)23(17)22-16)11-5-7-12(8-6-11)19(25)26/h1-10,22H,(H,25,26). The summed E-state index contributed by atoms with van der Waals surface area (Å²) in [5.74, 6) is -1.43. The molecule has 2 N–H and O–H groups in total. The topological polar surface area (TPSA) is 87.5 Å². The van der Waals surface area contributed by atoms with E-state index in [0.29, 0.717) is 28.2 Å². The van der Waals surface area contributed by atoms with Gasteiger partial charge in [0, 0.05) is 23.3 Å². The average molecular weight is 349 g/mol. The van der Waals surface area contributed by atoms with Crippen LogP contribution in [0.15, 0.2) is 65.5 Å². The van der Waals surface area contributed by atoms with Crippen molar-refractivity contribution < 1.29 is 14.3 Å². The summed E-state index contributed by atoms with van der Waals surface area (Å²) in [6.45, 7) is 0. The Morgan fingerprint density at radius 2 is 1.81 bits per heavy atom. The summed E-state index contributed by atoms with van der Waals surface area (Å²) in [4.78, 5) is 27.7. The van der Waals surface area contributed by atoms with E-state index in [9.17, 15) is 14.0 Å². The maximum Gasteiger partial charge on any atom is 0.335 e. The third-order valence-electron chi connectivity index (χ3n) is 4.04. The van der Waals surface area contributed by atoms with Crippen LogP contribution in [0.2, 0.25) is 0 Å². The van der Waals surface area contributed by atoms with Crippen molar-refractivity contribution in [2.45, 2.75) is 0 Å². The summed E-state index contributed by atoms with van der Waals surface area (Å²) in [7, 11) is 0. The number of halogens is 1. The minimum absolute atomic E-state index is 0.148. The summed E-state index contributed by atoms with van der Waals surface area (Å²) in [5.41, 5.74) is 1.93. The third-order valence-corrected chi connectivity index (χ3v) is 4.04. The smallest absolute Gasteiger partial charge is 0.335 e. The molecule has 0 aliphatic rings. The zero-order chi connectivity index (χ0) is 18.3. The number of aromatic amines is 1. The van der Waals surface area contributed by atoms with Crippen molar-refractivity contribution >= 4 is 11.6 Å². The minimum Gasteiger partial charge on any atom is -0.478 e. The fourth-order valence-electron chi connectivity index (χ4n) is 2.74. The van der Waals surface area contributed by atoms with Crippen LogP contribution >= 0.6 is 0 Å². The van der Waals surface area contributed by atoms with E-state index < -0.39 is 11.8 Å². The van der Waals surface area contributed by atoms with E-state index in [1.165, 1.54) is 28.8 Å². The molecule has 7 heteroatoms. The molecule has 0 aliphatic carbocycles. The van der Waals surface area contributed by atoms with E-state index in [4.69, 9.17) is 5.11 Å². The Hall–Kier alpha value is -3.74. The molecule has 0 saturated carbocycles. The molecule has 2 aromatic carbocycles. The van der Waals surface area contributed by atoms with Gasteiger partial charge in [0.15, 0.2) is 5.65 Å². The zero-order valence-corrected chi connectivity index (χ0v) is 13.3. The number of nitrogens with zero attached hydrogens (tertiary/aromatic N) is 2. The van der Waals surface area contributed by atoms with E-state index in [1.54, 1.807) is 36.4 Å². The molecule has 0 fully saturated rings. The van der Waals surface area contributed by atoms with Crippen LogP contribution in [-0.4, -0.2) is 25.7 Å². The van der Waals surface area contributed by atoms with Crippen LogP contribution in [0.4, 0.5) is 4.39 Å². The van der Waals surface area contributed by atoms with Gasteiger partial charge in [0.1, 0.15) is 5.82 Å². The van der Waals surface area contributed by atoms with Crippen LogP contribution < -0.4 is 5.56 Å². The van der Waals surface area contributed by atoms with Crippen molar-refractivity contribution in [3.05, 3.63) is 82.4 Å². The van der Waals surface area contributed by atoms with Gasteiger partial charge in [-0.3, -0.25) is 9.89 Å². The number of fused-ring (bicyclic) bond motifs is 1. The number of aromatic nitrogens is 3. The normalized spacial score (nSPS) is 11.0. The van der Waals surface area contributed by atoms with Gasteiger partial charge in [-0.05, 0) is 24.3 Å². The summed E-state index contributed by atoms with van der Waals surface area (Å²) in [5, 5.41) is 11.8. The van der Waals surface area contributed by atoms with Gasteiger partial charge in [0.05, 0.1) is 17.0 Å². The van der Waals surface area contributed by atoms with Gasteiger partial charge in [0.2, 0.25) is 0 Å². The van der Waals surface area contributed by atoms with E-state index in [-0.39, 0.29) is 11.1 Å². The van der Waals surface area contributed by atoms with Crippen LogP contribution in [0.3, 0.4) is 0 Å². The number of carboxylic acid groups (broad SMARTS) is 1. The van der Waals surface area contributed by atoms with Crippen molar-refractivity contribution in [3.8, 4) is 22.5 Å². The van der Waals surface area contributed by atoms with Gasteiger partial charge >= 0.3 is 5.97 Å². The number of carboxylic acids is 1. The van der Waals surface area contributed by atoms with Crippen molar-refractivity contribution in [2.24, 2.45) is 0 Å². The number of nitrogens with one attached hydrogen (secondary N) is 1. The van der Waals surface area contributed by atoms with Crippen LogP contribution in [0.1, 0.15) is 10.4 Å². The van der Waals surface area contributed by atoms with Gasteiger partial charge in [-0.25, -0.2) is 18.7 Å². The lowest BCUT2D eigenvalue weighted by Crippen LogP contribution is -2.14. The van der Waals surface area contributed by atoms with Crippen LogP contribution in [-0.2, 0) is 0 Å². The summed E-state index contributed by atoms with van der Waals surface area (Å²) >= 11 is 0. The molecule has 128 valence electrons. The molecule has 4 rings (SSSR count). The molecular formula is C19H12FN3O3. The van der Waals surface area contributed by atoms with Gasteiger partial charge < -0.3 is 5.11 Å². The number of rotatable bonds is 3. The summed E-state index contributed by atoms with van der Waals surface area (Å²) < 4.78 is 15.2. The first-order chi connectivity index (χ1) is 12.5. The highest BCUT2D eigenvalue weighted by Crippen LogP contribution is 2.23. The van der Waals surface area contributed by atoms with Crippen LogP contribution in [0.25, 0.3) is 28.2 Å². The Bertz CT molecular complexity index is 1190. The molecule has 4 aromatic rings. The largest absolute Gasteiger partial charge is 0.478 e. The van der Waals surface area contributed by atoms with Crippen LogP contribution in [0, 0.1) is 5.82 Å². The Morgan fingerprint density at radius 3 is 2.50 bits per heavy atom. The van der Waals surface area contributed by atoms with Crippen LogP contribution in [0.5, 0.6) is 0 Å². The number of H-pyrrole nitrogens is 1. The van der Waals surface area contributed by atoms with E-state index in [0.717, 1.165) is 0 Å². The molecule has 0 unspecified atom stereocenters. The fraction of sp³-hybridized carbons (Fsp3) is 0. The molecule has 2 aromatic heterocycles. The molecule has 0 radical (unpaired) electrons. The highest BCUT2D eigenvalue weighted by atomic mass is 19.1. The molecule has 26 heavy (non-hydrogen) atoms. The first-order valence-corrected chi connectivity index (χ1v) is 7.74. The number of hydrogen-bond acceptors (Lipinski definition) is 3. The van der Waals surface area contributed by atoms with Crippen molar-refractivity contribution in [1.29, 1.82) is 0 Å². The molecule has 0 bridgehead atoms. The lowest BCUT2D eigenvalue weighted by atomic mass is 10.1. The second kappa shape index (κ2) is 5.96. The monoisotopic (exact) mass is 349 g/mol. The first kappa shape index (κ1) is 15.8. The molecule has 0 atom stereocenters. The lowest BCUT2D eigenvalue weighted by molar-refractivity contribution is 0.0697. The van der Waals surface area contributed by atoms with E-state index >= 15 is 0 Å². The molecule has 0 amide bonds. The number of carbonyl (C=O) groups is 1. The average Bonchev–Trinajstić information content (AvgIpc) is 3.06. The molecular weight excluding hydrogens is 337 g/mol. The fourth-order valence-corrected chi connectivity index (χ4v) is 2.74. The van der Waals surface area contributed by atoms with E-state index in [2.05, 4.69) is 10.1 Å². The Balaban J connectivity index is 1.83. The summed E-state index contributed by atoms with van der Waals surface area (Å²) in [6, 6.07) is 15.2. The molecule has 0 aliphatic heterocycles. The third kappa shape index (κ3) is 2.65. The first-order valence-electron chi connectivity index (χ1n) is 7.74. The highest BCUT2D eigenvalue weighted by Gasteiger charge is 2.12. The Kier molecular flexibility index (Phi) is 3.62. The molecule has 0 spiro atoms. The maximum atomic E-state index is 14.0. The van der Waals surface area contributed by atoms with Gasteiger partial charge in [0.25, 0.3) is 5.56 Å². The second-order valence-corrected chi connectivity index (χ2v) is 5.71. The summed E-state index contributed by atoms with van der Waals surface area (Å²) in [6.07, 6.45) is 0. The van der Waals surface area contributed by atoms with Gasteiger partial charge in [-0.15, -0.1) is 0 Å². The predicted molar refractivity (Wildman–Crippen MR) is 93.6 cm³/mol. The zero-order valence-electron chi connectivity index (χ0n) is 13.3. The second-order valence-electron chi connectivity index (χ2n) is 5.71. The van der Waals surface area contributed by atoms with Gasteiger partial charge in [-0.2, -0.15) is 0 Å². The van der Waals surface area contributed by atoms with E-state index in [1.807, 2.05) is 0 Å². The lowest BCUT2D eigenvalue weighted by Gasteiger charge is -2.02. The van der Waals surface area contributed by atoms with Crippen molar-refractivity contribution in [1.82, 2.24) is 14.6 Å². The maximum absolute atomic E-state index is 14.0. The van der Waals surface area contributed by atoms with Gasteiger partial charge in [-0.1, -0.05) is 24.3 Å². The number of benzene rings is 2. The number of aromatic carboxylic acids is 1. The molecule has 0 saturated heterocycles. The quantitative estimate of drug-likeness (QED) is 0.595. The number of hydrogen-bond donors (Lipinski definition) is 2.